The van der Waals surface area contributed by atoms with Crippen LogP contribution in [0, 0.1) is 0 Å². The number of nitrogens with zero attached hydrogens (tertiary/aromatic N) is 3. The van der Waals surface area contributed by atoms with Gasteiger partial charge in [-0.05, 0) is 31.4 Å². The monoisotopic (exact) mass is 341 g/mol. The van der Waals surface area contributed by atoms with Crippen LogP contribution in [0.25, 0.3) is 0 Å². The molecule has 0 saturated carbocycles. The molecule has 2 N–H and O–H groups in total. The van der Waals surface area contributed by atoms with E-state index in [-0.39, 0.29) is 5.41 Å². The van der Waals surface area contributed by atoms with Gasteiger partial charge in [-0.3, -0.25) is 4.68 Å². The quantitative estimate of drug-likeness (QED) is 0.572. The van der Waals surface area contributed by atoms with Crippen molar-refractivity contribution in [1.82, 2.24) is 20.4 Å². The van der Waals surface area contributed by atoms with Crippen molar-refractivity contribution in [3.8, 4) is 0 Å². The molecule has 136 valence electrons. The minimum absolute atomic E-state index is 0.115. The molecule has 0 fully saturated rings. The Balaban J connectivity index is 2.11. The van der Waals surface area contributed by atoms with Gasteiger partial charge in [-0.1, -0.05) is 44.2 Å². The van der Waals surface area contributed by atoms with E-state index in [4.69, 9.17) is 4.99 Å². The molecule has 0 spiro atoms. The van der Waals surface area contributed by atoms with E-state index in [1.165, 1.54) is 5.56 Å². The van der Waals surface area contributed by atoms with Gasteiger partial charge in [0.2, 0.25) is 0 Å². The first-order valence-electron chi connectivity index (χ1n) is 9.19. The van der Waals surface area contributed by atoms with Gasteiger partial charge in [-0.2, -0.15) is 5.10 Å². The van der Waals surface area contributed by atoms with Crippen molar-refractivity contribution >= 4 is 5.96 Å². The maximum Gasteiger partial charge on any atom is 0.191 e. The first kappa shape index (κ1) is 19.0. The highest BCUT2D eigenvalue weighted by molar-refractivity contribution is 5.79. The van der Waals surface area contributed by atoms with Crippen molar-refractivity contribution in [3.05, 3.63) is 53.9 Å². The number of aromatic nitrogens is 2. The Morgan fingerprint density at radius 3 is 2.36 bits per heavy atom. The zero-order chi connectivity index (χ0) is 18.1. The molecule has 0 atom stereocenters. The maximum absolute atomic E-state index is 4.72. The second-order valence-corrected chi connectivity index (χ2v) is 6.35. The molecule has 0 saturated heterocycles. The molecule has 0 aliphatic carbocycles. The Labute approximate surface area is 151 Å². The standard InChI is InChI=1S/C20H31N5/c1-5-20(6-2,17-11-9-8-10-12-17)16-23-19(21-7-3)22-15-18-13-14-24-25(18)4/h8-14H,5-7,15-16H2,1-4H3,(H2,21,22,23). The molecule has 5 nitrogen and oxygen atoms in total. The van der Waals surface area contributed by atoms with E-state index in [1.807, 2.05) is 17.8 Å². The van der Waals surface area contributed by atoms with Crippen LogP contribution in [0.15, 0.2) is 47.6 Å². The number of hydrogen-bond acceptors (Lipinski definition) is 2. The van der Waals surface area contributed by atoms with E-state index in [1.54, 1.807) is 6.20 Å². The molecule has 0 bridgehead atoms. The summed E-state index contributed by atoms with van der Waals surface area (Å²) in [6, 6.07) is 12.8. The molecule has 25 heavy (non-hydrogen) atoms. The van der Waals surface area contributed by atoms with Crippen molar-refractivity contribution in [2.75, 3.05) is 13.1 Å². The van der Waals surface area contributed by atoms with Gasteiger partial charge in [0.15, 0.2) is 5.96 Å². The second kappa shape index (κ2) is 9.25. The minimum Gasteiger partial charge on any atom is -0.357 e. The normalized spacial score (nSPS) is 12.2. The van der Waals surface area contributed by atoms with Crippen molar-refractivity contribution < 1.29 is 0 Å². The Hall–Kier alpha value is -2.30. The summed E-state index contributed by atoms with van der Waals surface area (Å²) in [5.41, 5.74) is 2.59. The van der Waals surface area contributed by atoms with E-state index < -0.39 is 0 Å². The minimum atomic E-state index is 0.115. The third kappa shape index (κ3) is 4.84. The van der Waals surface area contributed by atoms with Gasteiger partial charge >= 0.3 is 0 Å². The highest BCUT2D eigenvalue weighted by atomic mass is 15.3. The fourth-order valence-corrected chi connectivity index (χ4v) is 3.11. The average molecular weight is 342 g/mol. The summed E-state index contributed by atoms with van der Waals surface area (Å²) in [7, 11) is 1.94. The summed E-state index contributed by atoms with van der Waals surface area (Å²) in [5, 5.41) is 11.1. The number of aliphatic imine (C=N–C) groups is 1. The third-order valence-electron chi connectivity index (χ3n) is 5.00. The maximum atomic E-state index is 4.72. The molecule has 2 rings (SSSR count). The molecule has 0 aliphatic rings. The molecule has 2 aromatic rings. The second-order valence-electron chi connectivity index (χ2n) is 6.35. The van der Waals surface area contributed by atoms with Gasteiger partial charge in [0.1, 0.15) is 0 Å². The lowest BCUT2D eigenvalue weighted by atomic mass is 9.76. The summed E-state index contributed by atoms with van der Waals surface area (Å²) in [6.07, 6.45) is 3.98. The number of rotatable bonds is 8. The average Bonchev–Trinajstić information content (AvgIpc) is 3.06. The van der Waals surface area contributed by atoms with E-state index in [2.05, 4.69) is 66.8 Å². The fraction of sp³-hybridized carbons (Fsp3) is 0.500. The summed E-state index contributed by atoms with van der Waals surface area (Å²) >= 11 is 0. The predicted molar refractivity (Wildman–Crippen MR) is 105 cm³/mol. The highest BCUT2D eigenvalue weighted by Crippen LogP contribution is 2.30. The zero-order valence-electron chi connectivity index (χ0n) is 15.9. The predicted octanol–water partition coefficient (Wildman–Crippen LogP) is 3.23. The van der Waals surface area contributed by atoms with Gasteiger partial charge < -0.3 is 10.6 Å². The lowest BCUT2D eigenvalue weighted by Crippen LogP contribution is -2.45. The number of hydrogen-bond donors (Lipinski definition) is 2. The molecule has 0 amide bonds. The molecule has 1 aromatic heterocycles. The van der Waals surface area contributed by atoms with Gasteiger partial charge in [0.05, 0.1) is 12.2 Å². The topological polar surface area (TPSA) is 54.2 Å². The Morgan fingerprint density at radius 2 is 1.80 bits per heavy atom. The van der Waals surface area contributed by atoms with Crippen LogP contribution in [-0.4, -0.2) is 28.8 Å². The van der Waals surface area contributed by atoms with Crippen LogP contribution in [0.1, 0.15) is 44.9 Å². The van der Waals surface area contributed by atoms with Gasteiger partial charge in [0, 0.05) is 31.7 Å². The van der Waals surface area contributed by atoms with Crippen molar-refractivity contribution in [1.29, 1.82) is 0 Å². The summed E-state index contributed by atoms with van der Waals surface area (Å²) < 4.78 is 1.86. The molecular weight excluding hydrogens is 310 g/mol. The Bertz CT molecular complexity index is 656. The first-order chi connectivity index (χ1) is 12.1. The molecule has 0 aliphatic heterocycles. The van der Waals surface area contributed by atoms with Crippen LogP contribution < -0.4 is 10.6 Å². The van der Waals surface area contributed by atoms with Crippen molar-refractivity contribution in [2.45, 2.75) is 45.6 Å². The lowest BCUT2D eigenvalue weighted by molar-refractivity contribution is 0.389. The number of benzene rings is 1. The van der Waals surface area contributed by atoms with E-state index in [0.29, 0.717) is 6.54 Å². The molecule has 5 heteroatoms. The SMILES string of the molecule is CCNC(=NCc1ccnn1C)NCC(CC)(CC)c1ccccc1. The van der Waals surface area contributed by atoms with Gasteiger partial charge in [0.25, 0.3) is 0 Å². The first-order valence-corrected chi connectivity index (χ1v) is 9.19. The van der Waals surface area contributed by atoms with Crippen molar-refractivity contribution in [2.24, 2.45) is 12.0 Å². The molecule has 1 aromatic carbocycles. The number of aryl methyl sites for hydroxylation is 1. The molecule has 0 unspecified atom stereocenters. The summed E-state index contributed by atoms with van der Waals surface area (Å²) in [4.78, 5) is 4.72. The van der Waals surface area contributed by atoms with E-state index in [9.17, 15) is 0 Å². The summed E-state index contributed by atoms with van der Waals surface area (Å²) in [6.45, 7) is 8.93. The van der Waals surface area contributed by atoms with E-state index >= 15 is 0 Å². The highest BCUT2D eigenvalue weighted by Gasteiger charge is 2.28. The third-order valence-corrected chi connectivity index (χ3v) is 5.00. The number of nitrogens with one attached hydrogen (secondary N) is 2. The zero-order valence-corrected chi connectivity index (χ0v) is 15.9. The van der Waals surface area contributed by atoms with Gasteiger partial charge in [-0.25, -0.2) is 4.99 Å². The van der Waals surface area contributed by atoms with Crippen LogP contribution in [0.5, 0.6) is 0 Å². The van der Waals surface area contributed by atoms with Crippen LogP contribution in [0.2, 0.25) is 0 Å². The lowest BCUT2D eigenvalue weighted by Gasteiger charge is -2.33. The van der Waals surface area contributed by atoms with Crippen LogP contribution in [0.3, 0.4) is 0 Å². The Kier molecular flexibility index (Phi) is 7.04. The van der Waals surface area contributed by atoms with Crippen molar-refractivity contribution in [3.63, 3.8) is 0 Å². The Morgan fingerprint density at radius 1 is 1.08 bits per heavy atom. The molecular formula is C20H31N5. The fourth-order valence-electron chi connectivity index (χ4n) is 3.11. The molecule has 0 radical (unpaired) electrons. The largest absolute Gasteiger partial charge is 0.357 e. The smallest absolute Gasteiger partial charge is 0.191 e. The van der Waals surface area contributed by atoms with Crippen LogP contribution in [-0.2, 0) is 19.0 Å². The summed E-state index contributed by atoms with van der Waals surface area (Å²) in [5.74, 6) is 0.853. The van der Waals surface area contributed by atoms with Crippen LogP contribution >= 0.6 is 0 Å². The van der Waals surface area contributed by atoms with Gasteiger partial charge in [-0.15, -0.1) is 0 Å². The van der Waals surface area contributed by atoms with Crippen LogP contribution in [0.4, 0.5) is 0 Å². The molecule has 1 heterocycles. The number of guanidine groups is 1. The van der Waals surface area contributed by atoms with E-state index in [0.717, 1.165) is 37.6 Å².